The van der Waals surface area contributed by atoms with E-state index in [1.165, 1.54) is 0 Å². The molecule has 7 heteroatoms. The zero-order valence-electron chi connectivity index (χ0n) is 19.4. The highest BCUT2D eigenvalue weighted by molar-refractivity contribution is 6.30. The van der Waals surface area contributed by atoms with Crippen molar-refractivity contribution in [3.8, 4) is 16.9 Å². The number of benzene rings is 3. The lowest BCUT2D eigenvalue weighted by atomic mass is 9.71. The van der Waals surface area contributed by atoms with Crippen LogP contribution in [0.4, 0.5) is 4.79 Å². The van der Waals surface area contributed by atoms with E-state index in [0.717, 1.165) is 57.1 Å². The molecule has 0 unspecified atom stereocenters. The number of fused-ring (bicyclic) bond motifs is 7. The van der Waals surface area contributed by atoms with Crippen LogP contribution in [0.5, 0.6) is 5.75 Å². The lowest BCUT2D eigenvalue weighted by molar-refractivity contribution is 0.0219. The third kappa shape index (κ3) is 2.81. The molecule has 0 saturated carbocycles. The fraction of sp³-hybridized carbons (Fsp3) is 0.333. The van der Waals surface area contributed by atoms with Gasteiger partial charge in [0, 0.05) is 27.9 Å². The second-order valence-electron chi connectivity index (χ2n) is 10.3. The average molecular weight is 476 g/mol. The van der Waals surface area contributed by atoms with E-state index in [9.17, 15) is 9.90 Å². The van der Waals surface area contributed by atoms with E-state index in [1.807, 2.05) is 24.3 Å². The summed E-state index contributed by atoms with van der Waals surface area (Å²) in [6, 6.07) is 14.2. The van der Waals surface area contributed by atoms with Crippen molar-refractivity contribution in [3.63, 3.8) is 0 Å². The first-order valence-electron chi connectivity index (χ1n) is 11.6. The Morgan fingerprint density at radius 3 is 2.68 bits per heavy atom. The fourth-order valence-electron chi connectivity index (χ4n) is 5.97. The molecule has 34 heavy (non-hydrogen) atoms. The average Bonchev–Trinajstić information content (AvgIpc) is 3.43. The molecule has 1 amide bonds. The first kappa shape index (κ1) is 21.3. The number of H-pyrrole nitrogens is 1. The third-order valence-corrected chi connectivity index (χ3v) is 7.81. The van der Waals surface area contributed by atoms with Gasteiger partial charge in [-0.2, -0.15) is 0 Å². The Hall–Kier alpha value is -3.25. The van der Waals surface area contributed by atoms with E-state index in [1.54, 1.807) is 4.90 Å². The van der Waals surface area contributed by atoms with E-state index in [0.29, 0.717) is 24.0 Å². The number of nitrogens with one attached hydrogen (secondary N) is 1. The van der Waals surface area contributed by atoms with Crippen LogP contribution in [-0.4, -0.2) is 32.6 Å². The monoisotopic (exact) mass is 475 g/mol. The highest BCUT2D eigenvalue weighted by atomic mass is 35.5. The maximum absolute atomic E-state index is 12.2. The molecule has 0 aliphatic carbocycles. The molecule has 0 spiro atoms. The standard InChI is InChI=1S/C27H26ClN3O3/c1-26(2,3)27(11-4-12-31(27)25(32)33)24-29-21-10-9-20-18(22(21)30-24)7-8-19-17-6-5-16(28)13-15(17)14-34-23(19)20/h5-10,13H,4,11-12,14H2,1-3H3,(H,29,30)(H,32,33)/t27-/m1/s1. The number of halogens is 1. The number of ether oxygens (including phenoxy) is 1. The quantitative estimate of drug-likeness (QED) is 0.312. The summed E-state index contributed by atoms with van der Waals surface area (Å²) in [5.74, 6) is 1.55. The largest absolute Gasteiger partial charge is 0.488 e. The minimum atomic E-state index is -0.904. The van der Waals surface area contributed by atoms with Gasteiger partial charge < -0.3 is 14.8 Å². The summed E-state index contributed by atoms with van der Waals surface area (Å²) in [7, 11) is 0. The molecular weight excluding hydrogens is 450 g/mol. The molecule has 1 aromatic heterocycles. The van der Waals surface area contributed by atoms with Gasteiger partial charge in [-0.05, 0) is 59.7 Å². The number of hydrogen-bond donors (Lipinski definition) is 2. The number of rotatable bonds is 1. The first-order chi connectivity index (χ1) is 16.2. The summed E-state index contributed by atoms with van der Waals surface area (Å²) in [4.78, 5) is 22.3. The van der Waals surface area contributed by atoms with Gasteiger partial charge in [0.2, 0.25) is 0 Å². The van der Waals surface area contributed by atoms with E-state index in [4.69, 9.17) is 21.3 Å². The van der Waals surface area contributed by atoms with Crippen molar-refractivity contribution >= 4 is 39.5 Å². The molecule has 1 atom stereocenters. The molecule has 6 nitrogen and oxygen atoms in total. The number of hydrogen-bond acceptors (Lipinski definition) is 3. The molecule has 1 fully saturated rings. The normalized spacial score (nSPS) is 19.8. The van der Waals surface area contributed by atoms with Crippen LogP contribution in [0.25, 0.3) is 32.9 Å². The second kappa shape index (κ2) is 7.12. The van der Waals surface area contributed by atoms with Gasteiger partial charge >= 0.3 is 6.09 Å². The molecule has 3 aromatic carbocycles. The zero-order chi connectivity index (χ0) is 23.8. The molecule has 174 valence electrons. The van der Waals surface area contributed by atoms with Gasteiger partial charge in [-0.1, -0.05) is 44.5 Å². The van der Waals surface area contributed by atoms with Crippen LogP contribution < -0.4 is 4.74 Å². The van der Waals surface area contributed by atoms with Gasteiger partial charge in [-0.25, -0.2) is 9.78 Å². The minimum Gasteiger partial charge on any atom is -0.488 e. The number of likely N-dealkylation sites (tertiary alicyclic amines) is 1. The zero-order valence-corrected chi connectivity index (χ0v) is 20.2. The number of nitrogens with zero attached hydrogens (tertiary/aromatic N) is 2. The molecule has 2 aliphatic rings. The minimum absolute atomic E-state index is 0.334. The maximum Gasteiger partial charge on any atom is 0.408 e. The Bertz CT molecular complexity index is 1490. The molecule has 2 N–H and O–H groups in total. The van der Waals surface area contributed by atoms with Gasteiger partial charge in [0.15, 0.2) is 0 Å². The summed E-state index contributed by atoms with van der Waals surface area (Å²) in [5.41, 5.74) is 3.92. The fourth-order valence-corrected chi connectivity index (χ4v) is 6.16. The summed E-state index contributed by atoms with van der Waals surface area (Å²) in [6.45, 7) is 7.25. The van der Waals surface area contributed by atoms with Crippen molar-refractivity contribution in [2.75, 3.05) is 6.54 Å². The van der Waals surface area contributed by atoms with E-state index in [2.05, 4.69) is 44.0 Å². The third-order valence-electron chi connectivity index (χ3n) is 7.57. The summed E-state index contributed by atoms with van der Waals surface area (Å²) >= 11 is 6.19. The van der Waals surface area contributed by atoms with Crippen molar-refractivity contribution in [2.45, 2.75) is 45.8 Å². The SMILES string of the molecule is CC(C)(C)[C@]1(c2nc3c(ccc4c5c(ccc43)-c3ccc(Cl)cc3CO5)[nH]2)CCCN1C(=O)O. The van der Waals surface area contributed by atoms with E-state index < -0.39 is 11.6 Å². The lowest BCUT2D eigenvalue weighted by Crippen LogP contribution is -2.53. The van der Waals surface area contributed by atoms with Crippen LogP contribution in [0.15, 0.2) is 42.5 Å². The smallest absolute Gasteiger partial charge is 0.408 e. The number of aromatic amines is 1. The number of amides is 1. The predicted molar refractivity (Wildman–Crippen MR) is 133 cm³/mol. The molecule has 2 aliphatic heterocycles. The highest BCUT2D eigenvalue weighted by Crippen LogP contribution is 2.51. The van der Waals surface area contributed by atoms with E-state index >= 15 is 0 Å². The predicted octanol–water partition coefficient (Wildman–Crippen LogP) is 6.94. The van der Waals surface area contributed by atoms with Crippen molar-refractivity contribution in [2.24, 2.45) is 5.41 Å². The molecule has 0 radical (unpaired) electrons. The van der Waals surface area contributed by atoms with Crippen LogP contribution >= 0.6 is 11.6 Å². The Morgan fingerprint density at radius 1 is 1.15 bits per heavy atom. The number of carbonyl (C=O) groups is 1. The second-order valence-corrected chi connectivity index (χ2v) is 10.8. The molecular formula is C27H26ClN3O3. The van der Waals surface area contributed by atoms with Crippen molar-refractivity contribution < 1.29 is 14.6 Å². The van der Waals surface area contributed by atoms with Gasteiger partial charge in [0.05, 0.1) is 11.0 Å². The summed E-state index contributed by atoms with van der Waals surface area (Å²) < 4.78 is 6.21. The van der Waals surface area contributed by atoms with Crippen molar-refractivity contribution in [1.29, 1.82) is 0 Å². The molecule has 1 saturated heterocycles. The molecule has 0 bridgehead atoms. The number of aromatic nitrogens is 2. The van der Waals surface area contributed by atoms with Crippen LogP contribution in [-0.2, 0) is 12.1 Å². The topological polar surface area (TPSA) is 78.5 Å². The number of carboxylic acid groups (broad SMARTS) is 1. The Kier molecular flexibility index (Phi) is 4.46. The summed E-state index contributed by atoms with van der Waals surface area (Å²) in [6.07, 6.45) is 0.642. The Balaban J connectivity index is 1.57. The lowest BCUT2D eigenvalue weighted by Gasteiger charge is -2.45. The van der Waals surface area contributed by atoms with Crippen molar-refractivity contribution in [1.82, 2.24) is 14.9 Å². The van der Waals surface area contributed by atoms with Crippen LogP contribution in [0.2, 0.25) is 5.02 Å². The van der Waals surface area contributed by atoms with Gasteiger partial charge in [0.25, 0.3) is 0 Å². The van der Waals surface area contributed by atoms with Gasteiger partial charge in [-0.3, -0.25) is 4.90 Å². The van der Waals surface area contributed by atoms with E-state index in [-0.39, 0.29) is 5.41 Å². The van der Waals surface area contributed by atoms with Crippen LogP contribution in [0.3, 0.4) is 0 Å². The van der Waals surface area contributed by atoms with Crippen molar-refractivity contribution in [3.05, 3.63) is 58.9 Å². The van der Waals surface area contributed by atoms with Crippen LogP contribution in [0, 0.1) is 5.41 Å². The molecule has 4 aromatic rings. The molecule has 3 heterocycles. The Labute approximate surface area is 202 Å². The number of imidazole rings is 1. The van der Waals surface area contributed by atoms with Crippen LogP contribution in [0.1, 0.15) is 45.0 Å². The van der Waals surface area contributed by atoms with Gasteiger partial charge in [-0.15, -0.1) is 0 Å². The Morgan fingerprint density at radius 2 is 1.91 bits per heavy atom. The van der Waals surface area contributed by atoms with Gasteiger partial charge in [0.1, 0.15) is 23.7 Å². The molecule has 6 rings (SSSR count). The maximum atomic E-state index is 12.2. The first-order valence-corrected chi connectivity index (χ1v) is 12.0. The summed E-state index contributed by atoms with van der Waals surface area (Å²) in [5, 5.41) is 12.7. The highest BCUT2D eigenvalue weighted by Gasteiger charge is 2.55.